The topological polar surface area (TPSA) is 41.1 Å². The second-order valence-electron chi connectivity index (χ2n) is 5.07. The maximum atomic E-state index is 4.37. The first-order valence-corrected chi connectivity index (χ1v) is 6.97. The molecule has 2 fully saturated rings. The molecule has 5 heteroatoms. The van der Waals surface area contributed by atoms with E-state index in [1.54, 1.807) is 6.33 Å². The quantitative estimate of drug-likeness (QED) is 0.906. The summed E-state index contributed by atoms with van der Waals surface area (Å²) in [7, 11) is 2.14. The molecule has 0 amide bonds. The summed E-state index contributed by atoms with van der Waals surface area (Å²) in [6.45, 7) is 0. The third-order valence-electron chi connectivity index (χ3n) is 3.98. The number of aromatic nitrogens is 2. The number of rotatable bonds is 2. The zero-order chi connectivity index (χ0) is 11.8. The van der Waals surface area contributed by atoms with Crippen molar-refractivity contribution >= 4 is 21.7 Å². The molecule has 2 aliphatic rings. The summed E-state index contributed by atoms with van der Waals surface area (Å²) in [4.78, 5) is 10.7. The van der Waals surface area contributed by atoms with Crippen molar-refractivity contribution < 1.29 is 0 Å². The van der Waals surface area contributed by atoms with Crippen molar-refractivity contribution in [2.45, 2.75) is 43.8 Å². The van der Waals surface area contributed by atoms with Crippen LogP contribution in [-0.2, 0) is 0 Å². The van der Waals surface area contributed by atoms with E-state index >= 15 is 0 Å². The molecular formula is C12H17BrN4. The predicted molar refractivity (Wildman–Crippen MR) is 71.1 cm³/mol. The number of nitrogens with one attached hydrogen (secondary N) is 1. The van der Waals surface area contributed by atoms with Gasteiger partial charge in [-0.25, -0.2) is 9.97 Å². The minimum Gasteiger partial charge on any atom is -0.356 e. The van der Waals surface area contributed by atoms with Crippen LogP contribution in [0.2, 0.25) is 0 Å². The molecule has 0 aliphatic carbocycles. The van der Waals surface area contributed by atoms with Crippen LogP contribution in [0.25, 0.3) is 0 Å². The van der Waals surface area contributed by atoms with E-state index in [-0.39, 0.29) is 0 Å². The van der Waals surface area contributed by atoms with Gasteiger partial charge in [-0.2, -0.15) is 0 Å². The molecule has 4 nitrogen and oxygen atoms in total. The minimum atomic E-state index is 0.597. The molecule has 2 aliphatic heterocycles. The van der Waals surface area contributed by atoms with Crippen molar-refractivity contribution in [2.75, 3.05) is 11.9 Å². The molecular weight excluding hydrogens is 280 g/mol. The second-order valence-corrected chi connectivity index (χ2v) is 5.92. The number of nitrogens with zero attached hydrogens (tertiary/aromatic N) is 3. The van der Waals surface area contributed by atoms with Gasteiger partial charge in [-0.05, 0) is 41.6 Å². The fraction of sp³-hybridized carbons (Fsp3) is 0.667. The highest BCUT2D eigenvalue weighted by Crippen LogP contribution is 2.32. The molecule has 0 radical (unpaired) electrons. The molecule has 2 atom stereocenters. The lowest BCUT2D eigenvalue weighted by molar-refractivity contribution is 0.353. The van der Waals surface area contributed by atoms with Crippen LogP contribution < -0.4 is 10.2 Å². The first-order chi connectivity index (χ1) is 8.24. The Morgan fingerprint density at radius 2 is 2.06 bits per heavy atom. The summed E-state index contributed by atoms with van der Waals surface area (Å²) in [5.41, 5.74) is 0. The highest BCUT2D eigenvalue weighted by molar-refractivity contribution is 9.10. The van der Waals surface area contributed by atoms with Gasteiger partial charge < -0.3 is 10.2 Å². The Morgan fingerprint density at radius 1 is 1.35 bits per heavy atom. The van der Waals surface area contributed by atoms with E-state index in [4.69, 9.17) is 0 Å². The van der Waals surface area contributed by atoms with Gasteiger partial charge in [0, 0.05) is 31.4 Å². The lowest BCUT2D eigenvalue weighted by atomic mass is 9.98. The van der Waals surface area contributed by atoms with Crippen molar-refractivity contribution in [3.63, 3.8) is 0 Å². The Hall–Kier alpha value is -0.680. The lowest BCUT2D eigenvalue weighted by Crippen LogP contribution is -2.47. The number of anilines is 1. The first kappa shape index (κ1) is 11.4. The maximum absolute atomic E-state index is 4.37. The average Bonchev–Trinajstić information content (AvgIpc) is 2.68. The Labute approximate surface area is 110 Å². The Balaban J connectivity index is 1.78. The van der Waals surface area contributed by atoms with Crippen LogP contribution in [0.4, 0.5) is 5.82 Å². The summed E-state index contributed by atoms with van der Waals surface area (Å²) in [6.07, 6.45) is 8.55. The van der Waals surface area contributed by atoms with Crippen molar-refractivity contribution in [1.82, 2.24) is 15.3 Å². The fourth-order valence-electron chi connectivity index (χ4n) is 3.08. The molecule has 1 aromatic heterocycles. The molecule has 3 heterocycles. The largest absolute Gasteiger partial charge is 0.356 e. The highest BCUT2D eigenvalue weighted by atomic mass is 79.9. The van der Waals surface area contributed by atoms with Gasteiger partial charge in [-0.15, -0.1) is 0 Å². The van der Waals surface area contributed by atoms with Crippen molar-refractivity contribution in [2.24, 2.45) is 0 Å². The molecule has 2 unspecified atom stereocenters. The lowest BCUT2D eigenvalue weighted by Gasteiger charge is -2.36. The van der Waals surface area contributed by atoms with Crippen molar-refractivity contribution in [3.05, 3.63) is 17.0 Å². The van der Waals surface area contributed by atoms with E-state index in [1.807, 2.05) is 6.20 Å². The Morgan fingerprint density at radius 3 is 2.71 bits per heavy atom. The summed E-state index contributed by atoms with van der Waals surface area (Å²) in [5, 5.41) is 3.67. The monoisotopic (exact) mass is 296 g/mol. The molecule has 0 aromatic carbocycles. The van der Waals surface area contributed by atoms with Crippen LogP contribution in [-0.4, -0.2) is 35.1 Å². The van der Waals surface area contributed by atoms with E-state index in [0.717, 1.165) is 10.3 Å². The maximum Gasteiger partial charge on any atom is 0.146 e. The van der Waals surface area contributed by atoms with E-state index in [2.05, 4.69) is 43.2 Å². The minimum absolute atomic E-state index is 0.597. The Kier molecular flexibility index (Phi) is 3.04. The van der Waals surface area contributed by atoms with E-state index in [1.165, 1.54) is 25.7 Å². The third kappa shape index (κ3) is 2.18. The molecule has 1 N–H and O–H groups in total. The smallest absolute Gasteiger partial charge is 0.146 e. The summed E-state index contributed by atoms with van der Waals surface area (Å²) in [5.74, 6) is 1.01. The van der Waals surface area contributed by atoms with Gasteiger partial charge in [-0.3, -0.25) is 0 Å². The van der Waals surface area contributed by atoms with Crippen LogP contribution in [0.3, 0.4) is 0 Å². The number of piperidine rings is 1. The zero-order valence-electron chi connectivity index (χ0n) is 9.93. The van der Waals surface area contributed by atoms with Crippen LogP contribution in [0, 0.1) is 0 Å². The van der Waals surface area contributed by atoms with Gasteiger partial charge >= 0.3 is 0 Å². The normalized spacial score (nSPS) is 31.5. The standard InChI is InChI=1S/C12H17BrN4/c1-17(12-11(13)6-14-7-15-12)10-4-8-2-3-9(5-10)16-8/h6-10,16H,2-5H2,1H3. The summed E-state index contributed by atoms with van der Waals surface area (Å²) < 4.78 is 0.980. The molecule has 17 heavy (non-hydrogen) atoms. The van der Waals surface area contributed by atoms with Crippen LogP contribution in [0.5, 0.6) is 0 Å². The number of halogens is 1. The molecule has 92 valence electrons. The zero-order valence-corrected chi connectivity index (χ0v) is 11.5. The third-order valence-corrected chi connectivity index (χ3v) is 4.54. The van der Waals surface area contributed by atoms with Gasteiger partial charge in [0.15, 0.2) is 0 Å². The first-order valence-electron chi connectivity index (χ1n) is 6.18. The van der Waals surface area contributed by atoms with Gasteiger partial charge in [0.1, 0.15) is 12.1 Å². The van der Waals surface area contributed by atoms with E-state index < -0.39 is 0 Å². The SMILES string of the molecule is CN(c1ncncc1Br)C1CC2CCC(C1)N2. The molecule has 2 bridgehead atoms. The van der Waals surface area contributed by atoms with E-state index in [9.17, 15) is 0 Å². The van der Waals surface area contributed by atoms with Crippen molar-refractivity contribution in [3.8, 4) is 0 Å². The molecule has 3 rings (SSSR count). The van der Waals surface area contributed by atoms with Crippen LogP contribution >= 0.6 is 15.9 Å². The van der Waals surface area contributed by atoms with Gasteiger partial charge in [0.05, 0.1) is 4.47 Å². The van der Waals surface area contributed by atoms with Gasteiger partial charge in [0.25, 0.3) is 0 Å². The number of hydrogen-bond donors (Lipinski definition) is 1. The molecule has 0 saturated carbocycles. The average molecular weight is 297 g/mol. The second kappa shape index (κ2) is 4.53. The van der Waals surface area contributed by atoms with Gasteiger partial charge in [0.2, 0.25) is 0 Å². The molecule has 2 saturated heterocycles. The van der Waals surface area contributed by atoms with Crippen LogP contribution in [0.15, 0.2) is 17.0 Å². The predicted octanol–water partition coefficient (Wildman–Crippen LogP) is 1.96. The van der Waals surface area contributed by atoms with Crippen molar-refractivity contribution in [1.29, 1.82) is 0 Å². The molecule has 1 aromatic rings. The van der Waals surface area contributed by atoms with Gasteiger partial charge in [-0.1, -0.05) is 0 Å². The number of hydrogen-bond acceptors (Lipinski definition) is 4. The number of fused-ring (bicyclic) bond motifs is 2. The highest BCUT2D eigenvalue weighted by Gasteiger charge is 2.35. The van der Waals surface area contributed by atoms with Crippen LogP contribution in [0.1, 0.15) is 25.7 Å². The van der Waals surface area contributed by atoms with E-state index in [0.29, 0.717) is 18.1 Å². The Bertz CT molecular complexity index is 399. The summed E-state index contributed by atoms with van der Waals surface area (Å²) >= 11 is 3.53. The fourth-order valence-corrected chi connectivity index (χ4v) is 3.58. The summed E-state index contributed by atoms with van der Waals surface area (Å²) in [6, 6.07) is 2.02. The molecule has 0 spiro atoms.